The highest BCUT2D eigenvalue weighted by molar-refractivity contribution is 7.14. The second kappa shape index (κ2) is 5.79. The highest BCUT2D eigenvalue weighted by Gasteiger charge is 2.44. The summed E-state index contributed by atoms with van der Waals surface area (Å²) in [4.78, 5) is 20.1. The van der Waals surface area contributed by atoms with Crippen molar-refractivity contribution < 1.29 is 9.90 Å². The van der Waals surface area contributed by atoms with Crippen molar-refractivity contribution in [2.75, 3.05) is 4.90 Å². The van der Waals surface area contributed by atoms with E-state index in [2.05, 4.69) is 15.2 Å². The number of anilines is 1. The molecular formula is C18H12N4O2S2. The van der Waals surface area contributed by atoms with E-state index in [-0.39, 0.29) is 11.7 Å². The van der Waals surface area contributed by atoms with Crippen LogP contribution < -0.4 is 4.90 Å². The number of nitrogens with one attached hydrogen (secondary N) is 1. The Morgan fingerprint density at radius 3 is 2.81 bits per heavy atom. The van der Waals surface area contributed by atoms with E-state index in [0.717, 1.165) is 21.7 Å². The van der Waals surface area contributed by atoms with E-state index >= 15 is 0 Å². The van der Waals surface area contributed by atoms with Crippen LogP contribution >= 0.6 is 22.7 Å². The lowest BCUT2D eigenvalue weighted by atomic mass is 9.98. The SMILES string of the molecule is O=C1c2n[nH]c(-c3cccs3)c2[C@H](c2cccc(O)c2)N1c1nccs1. The molecule has 4 aromatic rings. The van der Waals surface area contributed by atoms with Gasteiger partial charge in [0.25, 0.3) is 5.91 Å². The average Bonchev–Trinajstić information content (AvgIpc) is 3.41. The smallest absolute Gasteiger partial charge is 0.281 e. The van der Waals surface area contributed by atoms with Crippen LogP contribution in [0.1, 0.15) is 27.7 Å². The number of phenols is 1. The molecule has 0 unspecified atom stereocenters. The van der Waals surface area contributed by atoms with E-state index in [0.29, 0.717) is 10.8 Å². The number of carbonyl (C=O) groups is 1. The van der Waals surface area contributed by atoms with Gasteiger partial charge in [-0.05, 0) is 29.1 Å². The Hall–Kier alpha value is -2.97. The lowest BCUT2D eigenvalue weighted by Gasteiger charge is -2.24. The highest BCUT2D eigenvalue weighted by Crippen LogP contribution is 2.46. The van der Waals surface area contributed by atoms with Crippen molar-refractivity contribution in [2.45, 2.75) is 6.04 Å². The molecule has 0 saturated carbocycles. The first-order valence-corrected chi connectivity index (χ1v) is 9.64. The van der Waals surface area contributed by atoms with Crippen LogP contribution in [0, 0.1) is 0 Å². The van der Waals surface area contributed by atoms with Crippen molar-refractivity contribution in [1.82, 2.24) is 15.2 Å². The van der Waals surface area contributed by atoms with E-state index in [1.165, 1.54) is 11.3 Å². The quantitative estimate of drug-likeness (QED) is 0.562. The lowest BCUT2D eigenvalue weighted by Crippen LogP contribution is -2.29. The number of nitrogens with zero attached hydrogens (tertiary/aromatic N) is 3. The number of thiazole rings is 1. The number of carbonyl (C=O) groups excluding carboxylic acids is 1. The molecule has 4 heterocycles. The summed E-state index contributed by atoms with van der Waals surface area (Å²) in [5, 5.41) is 21.7. The molecule has 1 aliphatic heterocycles. The zero-order valence-electron chi connectivity index (χ0n) is 13.3. The van der Waals surface area contributed by atoms with Gasteiger partial charge in [-0.3, -0.25) is 14.8 Å². The molecule has 6 nitrogen and oxygen atoms in total. The van der Waals surface area contributed by atoms with E-state index in [1.807, 2.05) is 29.0 Å². The van der Waals surface area contributed by atoms with Crippen molar-refractivity contribution in [2.24, 2.45) is 0 Å². The van der Waals surface area contributed by atoms with Crippen molar-refractivity contribution in [3.05, 3.63) is 70.2 Å². The summed E-state index contributed by atoms with van der Waals surface area (Å²) in [6.07, 6.45) is 1.68. The van der Waals surface area contributed by atoms with Crippen molar-refractivity contribution in [3.63, 3.8) is 0 Å². The summed E-state index contributed by atoms with van der Waals surface area (Å²) in [7, 11) is 0. The maximum atomic E-state index is 13.1. The summed E-state index contributed by atoms with van der Waals surface area (Å²) in [6, 6.07) is 10.5. The van der Waals surface area contributed by atoms with Crippen LogP contribution in [-0.4, -0.2) is 26.2 Å². The molecule has 0 spiro atoms. The van der Waals surface area contributed by atoms with Crippen molar-refractivity contribution in [1.29, 1.82) is 0 Å². The number of hydrogen-bond acceptors (Lipinski definition) is 6. The van der Waals surface area contributed by atoms with Gasteiger partial charge in [-0.1, -0.05) is 18.2 Å². The number of fused-ring (bicyclic) bond motifs is 1. The molecule has 1 atom stereocenters. The highest BCUT2D eigenvalue weighted by atomic mass is 32.1. The molecule has 26 heavy (non-hydrogen) atoms. The predicted octanol–water partition coefficient (Wildman–Crippen LogP) is 4.05. The molecule has 0 radical (unpaired) electrons. The maximum Gasteiger partial charge on any atom is 0.281 e. The summed E-state index contributed by atoms with van der Waals surface area (Å²) in [5.74, 6) is -0.0361. The van der Waals surface area contributed by atoms with Gasteiger partial charge in [-0.2, -0.15) is 5.10 Å². The first-order valence-electron chi connectivity index (χ1n) is 7.88. The molecule has 1 aromatic carbocycles. The van der Waals surface area contributed by atoms with Gasteiger partial charge in [-0.25, -0.2) is 4.98 Å². The van der Waals surface area contributed by atoms with E-state index in [4.69, 9.17) is 0 Å². The number of H-pyrrole nitrogens is 1. The molecule has 8 heteroatoms. The number of aromatic hydroxyl groups is 1. The predicted molar refractivity (Wildman–Crippen MR) is 101 cm³/mol. The number of benzene rings is 1. The lowest BCUT2D eigenvalue weighted by molar-refractivity contribution is 0.0988. The van der Waals surface area contributed by atoms with Gasteiger partial charge in [0.15, 0.2) is 10.8 Å². The number of aromatic amines is 1. The van der Waals surface area contributed by atoms with Crippen LogP contribution in [0.5, 0.6) is 5.75 Å². The van der Waals surface area contributed by atoms with Gasteiger partial charge < -0.3 is 5.11 Å². The van der Waals surface area contributed by atoms with E-state index < -0.39 is 6.04 Å². The zero-order chi connectivity index (χ0) is 17.7. The Labute approximate surface area is 156 Å². The van der Waals surface area contributed by atoms with Gasteiger partial charge in [0, 0.05) is 17.1 Å². The number of aromatic nitrogens is 3. The number of hydrogen-bond donors (Lipinski definition) is 2. The first-order chi connectivity index (χ1) is 12.7. The van der Waals surface area contributed by atoms with Crippen molar-refractivity contribution >= 4 is 33.7 Å². The fraction of sp³-hybridized carbons (Fsp3) is 0.0556. The fourth-order valence-electron chi connectivity index (χ4n) is 3.29. The Morgan fingerprint density at radius 1 is 1.15 bits per heavy atom. The molecule has 5 rings (SSSR count). The standard InChI is InChI=1S/C18H12N4O2S2/c23-11-4-1-3-10(9-11)16-13-14(12-5-2-7-25-12)20-21-15(13)17(24)22(16)18-19-6-8-26-18/h1-9,16,23H,(H,20,21)/t16-/m0/s1. The number of amides is 1. The maximum absolute atomic E-state index is 13.1. The second-order valence-electron chi connectivity index (χ2n) is 5.83. The fourth-order valence-corrected chi connectivity index (χ4v) is 4.69. The minimum Gasteiger partial charge on any atom is -0.508 e. The summed E-state index contributed by atoms with van der Waals surface area (Å²) < 4.78 is 0. The van der Waals surface area contributed by atoms with Gasteiger partial charge in [-0.15, -0.1) is 22.7 Å². The Morgan fingerprint density at radius 2 is 2.08 bits per heavy atom. The van der Waals surface area contributed by atoms with Crippen LogP contribution in [0.25, 0.3) is 10.6 Å². The largest absolute Gasteiger partial charge is 0.508 e. The zero-order valence-corrected chi connectivity index (χ0v) is 14.9. The Balaban J connectivity index is 1.76. The molecule has 0 fully saturated rings. The molecule has 2 N–H and O–H groups in total. The van der Waals surface area contributed by atoms with Crippen molar-refractivity contribution in [3.8, 4) is 16.3 Å². The normalized spacial score (nSPS) is 16.2. The van der Waals surface area contributed by atoms with Gasteiger partial charge in [0.2, 0.25) is 0 Å². The third kappa shape index (κ3) is 2.19. The molecule has 128 valence electrons. The Kier molecular flexibility index (Phi) is 3.41. The summed E-state index contributed by atoms with van der Waals surface area (Å²) in [5.41, 5.74) is 2.86. The number of thiophene rings is 1. The molecule has 1 amide bonds. The minimum atomic E-state index is -0.397. The van der Waals surface area contributed by atoms with Gasteiger partial charge in [0.05, 0.1) is 16.6 Å². The summed E-state index contributed by atoms with van der Waals surface area (Å²) in [6.45, 7) is 0. The van der Waals surface area contributed by atoms with Crippen LogP contribution in [0.2, 0.25) is 0 Å². The topological polar surface area (TPSA) is 82.1 Å². The Bertz CT molecular complexity index is 1090. The van der Waals surface area contributed by atoms with Crippen LogP contribution in [0.4, 0.5) is 5.13 Å². The average molecular weight is 380 g/mol. The third-order valence-corrected chi connectivity index (χ3v) is 5.99. The molecule has 0 aliphatic carbocycles. The van der Waals surface area contributed by atoms with Gasteiger partial charge >= 0.3 is 0 Å². The molecule has 3 aromatic heterocycles. The van der Waals surface area contributed by atoms with E-state index in [9.17, 15) is 9.90 Å². The molecule has 0 saturated heterocycles. The second-order valence-corrected chi connectivity index (χ2v) is 7.65. The molecular weight excluding hydrogens is 368 g/mol. The number of rotatable bonds is 3. The number of phenolic OH excluding ortho intramolecular Hbond substituents is 1. The summed E-state index contributed by atoms with van der Waals surface area (Å²) >= 11 is 2.98. The molecule has 0 bridgehead atoms. The third-order valence-electron chi connectivity index (χ3n) is 4.34. The van der Waals surface area contributed by atoms with Crippen LogP contribution in [0.3, 0.4) is 0 Å². The molecule has 1 aliphatic rings. The first kappa shape index (κ1) is 15.3. The monoisotopic (exact) mass is 380 g/mol. The van der Waals surface area contributed by atoms with Crippen LogP contribution in [0.15, 0.2) is 53.4 Å². The van der Waals surface area contributed by atoms with E-state index in [1.54, 1.807) is 40.6 Å². The van der Waals surface area contributed by atoms with Gasteiger partial charge in [0.1, 0.15) is 5.75 Å². The van der Waals surface area contributed by atoms with Crippen LogP contribution in [-0.2, 0) is 0 Å². The minimum absolute atomic E-state index is 0.156.